The molecule has 0 saturated carbocycles. The van der Waals surface area contributed by atoms with Gasteiger partial charge in [-0.2, -0.15) is 0 Å². The Morgan fingerprint density at radius 2 is 0.756 bits per heavy atom. The second-order valence-electron chi connectivity index (χ2n) is 8.47. The Bertz CT molecular complexity index is 1430. The van der Waals surface area contributed by atoms with E-state index in [1.54, 1.807) is 31.0 Å². The first kappa shape index (κ1) is 37.7. The zero-order valence-corrected chi connectivity index (χ0v) is 28.2. The van der Waals surface area contributed by atoms with Crippen LogP contribution in [0.15, 0.2) is 80.2 Å². The first-order chi connectivity index (χ1) is 17.8. The molecule has 0 aliphatic rings. The second-order valence-corrected chi connectivity index (χ2v) is 8.47. The third-order valence-corrected chi connectivity index (χ3v) is 5.62. The van der Waals surface area contributed by atoms with Gasteiger partial charge in [-0.15, -0.1) is 0 Å². The molecule has 0 amide bonds. The van der Waals surface area contributed by atoms with Crippen LogP contribution in [0.1, 0.15) is 5.69 Å². The van der Waals surface area contributed by atoms with Gasteiger partial charge < -0.3 is 60.1 Å². The molecule has 0 bridgehead atoms. The van der Waals surface area contributed by atoms with Gasteiger partial charge in [0.1, 0.15) is 5.69 Å². The third kappa shape index (κ3) is 9.37. The van der Waals surface area contributed by atoms with Crippen LogP contribution in [0, 0.1) is 6.92 Å². The van der Waals surface area contributed by atoms with Crippen LogP contribution < -0.4 is 37.2 Å². The Morgan fingerprint density at radius 3 is 1.00 bits per heavy atom. The number of rotatable bonds is 3. The van der Waals surface area contributed by atoms with Crippen molar-refractivity contribution in [1.82, 2.24) is 52.7 Å². The summed E-state index contributed by atoms with van der Waals surface area (Å²) in [4.78, 5) is 25.4. The van der Waals surface area contributed by atoms with Gasteiger partial charge >= 0.3 is 0 Å². The van der Waals surface area contributed by atoms with E-state index in [9.17, 15) is 0 Å². The number of hydrogen-bond donors (Lipinski definition) is 0. The normalized spacial score (nSPS) is 9.41. The van der Waals surface area contributed by atoms with Crippen molar-refractivity contribution in [3.63, 3.8) is 0 Å². The molecular weight excluding hydrogens is 763 g/mol. The van der Waals surface area contributed by atoms with Crippen molar-refractivity contribution in [3.05, 3.63) is 85.9 Å². The number of halogens is 3. The quantitative estimate of drug-likeness (QED) is 0.178. The third-order valence-electron chi connectivity index (χ3n) is 5.62. The van der Waals surface area contributed by atoms with Gasteiger partial charge in [0, 0.05) is 123 Å². The van der Waals surface area contributed by atoms with Crippen molar-refractivity contribution in [1.29, 1.82) is 0 Å². The van der Waals surface area contributed by atoms with Gasteiger partial charge in [0.15, 0.2) is 29.1 Å². The standard InChI is InChI=1S/C10H11N3.2C8H10N4.3ClH.Os/c1-8-4-3-5-9(12-8)10-11-6-7-13(10)2;2*1-11-5-3-9-7(11)8-10-4-6-12(8)2;;;;/h3-7H,1-2H3;2*3-6H,1-2H3;3*1H;/p-3. The maximum absolute atomic E-state index is 4.39. The van der Waals surface area contributed by atoms with Crippen LogP contribution in [0.3, 0.4) is 0 Å². The van der Waals surface area contributed by atoms with Gasteiger partial charge in [0.05, 0.1) is 0 Å². The Kier molecular flexibility index (Phi) is 16.1. The van der Waals surface area contributed by atoms with Crippen LogP contribution in [0.2, 0.25) is 0 Å². The fraction of sp³-hybridized carbons (Fsp3) is 0.231. The SMILES string of the molecule is Cc1cccc(-c2nccn2C)n1.Cn1ccnc1-c1nccn1C.Cn1ccnc1-c1nccn1C.[Cl-].[Cl-].[Cl-].[Os]. The summed E-state index contributed by atoms with van der Waals surface area (Å²) >= 11 is 0. The molecule has 0 unspecified atom stereocenters. The predicted octanol–water partition coefficient (Wildman–Crippen LogP) is -5.56. The minimum Gasteiger partial charge on any atom is -1.00 e. The first-order valence-electron chi connectivity index (χ1n) is 11.7. The fourth-order valence-electron chi connectivity index (χ4n) is 3.60. The van der Waals surface area contributed by atoms with Crippen LogP contribution in [0.25, 0.3) is 34.8 Å². The van der Waals surface area contributed by atoms with Crippen LogP contribution in [-0.2, 0) is 55.0 Å². The maximum atomic E-state index is 4.39. The fourth-order valence-corrected chi connectivity index (χ4v) is 3.60. The molecule has 222 valence electrons. The molecule has 11 nitrogen and oxygen atoms in total. The van der Waals surface area contributed by atoms with Crippen LogP contribution in [-0.4, -0.2) is 52.7 Å². The molecular formula is C26H31Cl3N11Os-3. The van der Waals surface area contributed by atoms with Crippen LogP contribution in [0.5, 0.6) is 0 Å². The molecule has 0 aromatic carbocycles. The van der Waals surface area contributed by atoms with E-state index in [4.69, 9.17) is 0 Å². The largest absolute Gasteiger partial charge is 1.00 e. The van der Waals surface area contributed by atoms with Crippen molar-refractivity contribution in [2.45, 2.75) is 6.92 Å². The van der Waals surface area contributed by atoms with Gasteiger partial charge in [-0.1, -0.05) is 6.07 Å². The summed E-state index contributed by atoms with van der Waals surface area (Å²) in [5, 5.41) is 0. The minimum absolute atomic E-state index is 0. The van der Waals surface area contributed by atoms with E-state index in [1.165, 1.54) is 0 Å². The monoisotopic (exact) mass is 794 g/mol. The van der Waals surface area contributed by atoms with Gasteiger partial charge in [-0.3, -0.25) is 0 Å². The smallest absolute Gasteiger partial charge is 0.176 e. The Balaban J connectivity index is 0.000000559. The summed E-state index contributed by atoms with van der Waals surface area (Å²) in [6.45, 7) is 1.98. The molecule has 0 atom stereocenters. The van der Waals surface area contributed by atoms with E-state index < -0.39 is 0 Å². The molecule has 15 heteroatoms. The summed E-state index contributed by atoms with van der Waals surface area (Å²) in [5.41, 5.74) is 1.94. The molecule has 0 radical (unpaired) electrons. The van der Waals surface area contributed by atoms with E-state index in [0.717, 1.165) is 40.5 Å². The second kappa shape index (κ2) is 17.5. The topological polar surface area (TPSA) is 102 Å². The van der Waals surface area contributed by atoms with Crippen LogP contribution in [0.4, 0.5) is 0 Å². The minimum atomic E-state index is 0. The molecule has 0 N–H and O–H groups in total. The Hall–Kier alpha value is -3.29. The number of aryl methyl sites for hydroxylation is 6. The van der Waals surface area contributed by atoms with Crippen molar-refractivity contribution in [2.24, 2.45) is 35.2 Å². The van der Waals surface area contributed by atoms with Gasteiger partial charge in [0.2, 0.25) is 0 Å². The summed E-state index contributed by atoms with van der Waals surface area (Å²) in [6.07, 6.45) is 18.4. The van der Waals surface area contributed by atoms with Gasteiger partial charge in [0.25, 0.3) is 0 Å². The van der Waals surface area contributed by atoms with E-state index in [0.29, 0.717) is 0 Å². The maximum Gasteiger partial charge on any atom is 0.176 e. The van der Waals surface area contributed by atoms with E-state index in [1.807, 2.05) is 114 Å². The van der Waals surface area contributed by atoms with Crippen molar-refractivity contribution >= 4 is 0 Å². The zero-order valence-electron chi connectivity index (χ0n) is 23.4. The Morgan fingerprint density at radius 1 is 0.463 bits per heavy atom. The molecule has 41 heavy (non-hydrogen) atoms. The molecule has 6 aromatic heterocycles. The number of pyridine rings is 1. The zero-order chi connectivity index (χ0) is 26.4. The van der Waals surface area contributed by atoms with Crippen LogP contribution >= 0.6 is 0 Å². The average molecular weight is 794 g/mol. The number of hydrogen-bond acceptors (Lipinski definition) is 6. The van der Waals surface area contributed by atoms with Crippen molar-refractivity contribution < 1.29 is 57.0 Å². The molecule has 6 rings (SSSR count). The number of imidazole rings is 5. The molecule has 0 aliphatic carbocycles. The molecule has 0 aliphatic heterocycles. The van der Waals surface area contributed by atoms with E-state index in [2.05, 4.69) is 29.9 Å². The van der Waals surface area contributed by atoms with E-state index in [-0.39, 0.29) is 57.0 Å². The van der Waals surface area contributed by atoms with Crippen molar-refractivity contribution in [2.75, 3.05) is 0 Å². The Labute approximate surface area is 271 Å². The number of nitrogens with zero attached hydrogens (tertiary/aromatic N) is 11. The average Bonchev–Trinajstić information content (AvgIpc) is 3.70. The molecule has 0 fully saturated rings. The summed E-state index contributed by atoms with van der Waals surface area (Å²) in [6, 6.07) is 5.94. The molecule has 6 aromatic rings. The summed E-state index contributed by atoms with van der Waals surface area (Å²) in [5.74, 6) is 4.47. The predicted molar refractivity (Wildman–Crippen MR) is 142 cm³/mol. The van der Waals surface area contributed by atoms with Gasteiger partial charge in [-0.25, -0.2) is 29.9 Å². The number of aromatic nitrogens is 11. The molecule has 0 saturated heterocycles. The molecule has 6 heterocycles. The van der Waals surface area contributed by atoms with E-state index >= 15 is 0 Å². The summed E-state index contributed by atoms with van der Waals surface area (Å²) < 4.78 is 9.75. The first-order valence-corrected chi connectivity index (χ1v) is 11.7. The van der Waals surface area contributed by atoms with Gasteiger partial charge in [-0.05, 0) is 19.1 Å². The van der Waals surface area contributed by atoms with Crippen molar-refractivity contribution in [3.8, 4) is 34.8 Å². The summed E-state index contributed by atoms with van der Waals surface area (Å²) in [7, 11) is 9.79. The molecule has 0 spiro atoms.